The van der Waals surface area contributed by atoms with Gasteiger partial charge in [0.1, 0.15) is 70.9 Å². The van der Waals surface area contributed by atoms with Crippen LogP contribution in [0.2, 0.25) is 0 Å². The monoisotopic (exact) mass is 594 g/mol. The van der Waals surface area contributed by atoms with Gasteiger partial charge in [0.2, 0.25) is 17.5 Å². The summed E-state index contributed by atoms with van der Waals surface area (Å²) in [7, 11) is 0. The Morgan fingerprint density at radius 2 is 1.40 bits per heavy atom. The highest BCUT2D eigenvalue weighted by molar-refractivity contribution is 5.88. The predicted molar refractivity (Wildman–Crippen MR) is 139 cm³/mol. The third-order valence-corrected chi connectivity index (χ3v) is 7.18. The molecule has 0 saturated carbocycles. The van der Waals surface area contributed by atoms with E-state index in [1.54, 1.807) is 0 Å². The first kappa shape index (κ1) is 30.0. The Bertz CT molecular complexity index is 1470. The van der Waals surface area contributed by atoms with E-state index in [0.717, 1.165) is 12.1 Å². The van der Waals surface area contributed by atoms with E-state index >= 15 is 0 Å². The van der Waals surface area contributed by atoms with Crippen molar-refractivity contribution >= 4 is 11.0 Å². The van der Waals surface area contributed by atoms with Crippen molar-refractivity contribution in [3.8, 4) is 34.3 Å². The second kappa shape index (κ2) is 11.6. The van der Waals surface area contributed by atoms with E-state index in [2.05, 4.69) is 0 Å². The molecule has 4 unspecified atom stereocenters. The summed E-state index contributed by atoms with van der Waals surface area (Å²) in [5.74, 6) is -1.97. The van der Waals surface area contributed by atoms with Crippen molar-refractivity contribution in [2.24, 2.45) is 0 Å². The van der Waals surface area contributed by atoms with Crippen molar-refractivity contribution in [2.75, 3.05) is 6.61 Å². The molecule has 0 radical (unpaired) electrons. The summed E-state index contributed by atoms with van der Waals surface area (Å²) >= 11 is 0. The summed E-state index contributed by atoms with van der Waals surface area (Å²) in [6, 6.07) is 7.33. The van der Waals surface area contributed by atoms with Crippen LogP contribution in [0.3, 0.4) is 0 Å². The van der Waals surface area contributed by atoms with Crippen molar-refractivity contribution in [1.29, 1.82) is 0 Å². The Kier molecular flexibility index (Phi) is 8.30. The number of hydrogen-bond acceptors (Lipinski definition) is 15. The molecule has 15 heteroatoms. The number of phenolic OH excluding ortho intramolecular Hbond substituents is 3. The molecule has 5 rings (SSSR count). The van der Waals surface area contributed by atoms with Crippen LogP contribution in [-0.2, 0) is 14.2 Å². The van der Waals surface area contributed by atoms with Gasteiger partial charge in [-0.25, -0.2) is 0 Å². The topological polar surface area (TPSA) is 249 Å². The van der Waals surface area contributed by atoms with E-state index in [9.17, 15) is 50.8 Å². The number of aliphatic hydroxyl groups is 6. The first-order valence-corrected chi connectivity index (χ1v) is 12.9. The van der Waals surface area contributed by atoms with Crippen LogP contribution < -0.4 is 10.2 Å². The molecule has 3 aromatic rings. The van der Waals surface area contributed by atoms with Crippen LogP contribution in [0.15, 0.2) is 45.6 Å². The zero-order valence-electron chi connectivity index (χ0n) is 21.9. The summed E-state index contributed by atoms with van der Waals surface area (Å²) in [5, 5.41) is 91.4. The maximum Gasteiger partial charge on any atom is 0.239 e. The molecule has 0 amide bonds. The minimum atomic E-state index is -1.92. The Labute approximate surface area is 236 Å². The van der Waals surface area contributed by atoms with E-state index in [-0.39, 0.29) is 28.0 Å². The summed E-state index contributed by atoms with van der Waals surface area (Å²) in [4.78, 5) is 13.5. The molecule has 2 saturated heterocycles. The van der Waals surface area contributed by atoms with Gasteiger partial charge in [0.25, 0.3) is 0 Å². The number of fused-ring (bicyclic) bond motifs is 1. The predicted octanol–water partition coefficient (Wildman–Crippen LogP) is -1.39. The second-order valence-corrected chi connectivity index (χ2v) is 10.1. The van der Waals surface area contributed by atoms with Crippen LogP contribution in [-0.4, -0.2) is 114 Å². The summed E-state index contributed by atoms with van der Waals surface area (Å²) in [6.07, 6.45) is -15.8. The minimum Gasteiger partial charge on any atom is -0.508 e. The molecule has 1 aromatic heterocycles. The summed E-state index contributed by atoms with van der Waals surface area (Å²) in [6.45, 7) is 0.866. The van der Waals surface area contributed by atoms with Gasteiger partial charge in [-0.15, -0.1) is 0 Å². The molecular weight excluding hydrogens is 564 g/mol. The maximum absolute atomic E-state index is 13.5. The Morgan fingerprint density at radius 3 is 2.10 bits per heavy atom. The zero-order valence-corrected chi connectivity index (χ0v) is 21.9. The van der Waals surface area contributed by atoms with Crippen molar-refractivity contribution in [3.63, 3.8) is 0 Å². The number of aromatic hydroxyl groups is 3. The Balaban J connectivity index is 1.46. The maximum atomic E-state index is 13.5. The number of phenols is 3. The number of rotatable bonds is 6. The van der Waals surface area contributed by atoms with Crippen LogP contribution >= 0.6 is 0 Å². The molecule has 2 aliphatic rings. The molecule has 0 bridgehead atoms. The van der Waals surface area contributed by atoms with Gasteiger partial charge >= 0.3 is 0 Å². The van der Waals surface area contributed by atoms with E-state index in [4.69, 9.17) is 23.4 Å². The van der Waals surface area contributed by atoms with Crippen molar-refractivity contribution in [3.05, 3.63) is 46.6 Å². The number of benzene rings is 2. The lowest BCUT2D eigenvalue weighted by Crippen LogP contribution is -2.61. The molecule has 42 heavy (non-hydrogen) atoms. The van der Waals surface area contributed by atoms with Crippen LogP contribution in [0.5, 0.6) is 23.0 Å². The molecular formula is C27H30O15. The molecule has 228 valence electrons. The fourth-order valence-corrected chi connectivity index (χ4v) is 4.79. The molecule has 0 aliphatic carbocycles. The Morgan fingerprint density at radius 1 is 0.762 bits per heavy atom. The molecule has 0 spiro atoms. The van der Waals surface area contributed by atoms with Gasteiger partial charge in [-0.05, 0) is 31.2 Å². The van der Waals surface area contributed by atoms with Crippen molar-refractivity contribution < 1.29 is 69.3 Å². The van der Waals surface area contributed by atoms with Crippen molar-refractivity contribution in [2.45, 2.75) is 68.3 Å². The lowest BCUT2D eigenvalue weighted by molar-refractivity contribution is -0.318. The molecule has 10 atom stereocenters. The second-order valence-electron chi connectivity index (χ2n) is 10.1. The third-order valence-electron chi connectivity index (χ3n) is 7.18. The highest BCUT2D eigenvalue weighted by atomic mass is 16.7. The van der Waals surface area contributed by atoms with Gasteiger partial charge in [-0.1, -0.05) is 0 Å². The fourth-order valence-electron chi connectivity index (χ4n) is 4.79. The average molecular weight is 595 g/mol. The smallest absolute Gasteiger partial charge is 0.239 e. The van der Waals surface area contributed by atoms with Crippen LogP contribution in [0.25, 0.3) is 22.3 Å². The lowest BCUT2D eigenvalue weighted by atomic mass is 9.98. The van der Waals surface area contributed by atoms with Crippen LogP contribution in [0.4, 0.5) is 0 Å². The van der Waals surface area contributed by atoms with Crippen LogP contribution in [0.1, 0.15) is 6.92 Å². The molecule has 3 heterocycles. The summed E-state index contributed by atoms with van der Waals surface area (Å²) in [5.41, 5.74) is -0.956. The van der Waals surface area contributed by atoms with E-state index in [1.165, 1.54) is 31.2 Å². The fraction of sp³-hybridized carbons (Fsp3) is 0.444. The van der Waals surface area contributed by atoms with Gasteiger partial charge < -0.3 is 69.3 Å². The normalized spacial score (nSPS) is 33.5. The molecule has 2 fully saturated rings. The molecule has 2 aromatic carbocycles. The minimum absolute atomic E-state index is 0.103. The largest absolute Gasteiger partial charge is 0.508 e. The van der Waals surface area contributed by atoms with E-state index in [0.29, 0.717) is 0 Å². The highest BCUT2D eigenvalue weighted by Crippen LogP contribution is 2.37. The number of aliphatic hydroxyl groups excluding tert-OH is 6. The van der Waals surface area contributed by atoms with Crippen LogP contribution in [0, 0.1) is 0 Å². The van der Waals surface area contributed by atoms with E-state index in [1.807, 2.05) is 0 Å². The van der Waals surface area contributed by atoms with Gasteiger partial charge in [0, 0.05) is 17.7 Å². The van der Waals surface area contributed by atoms with Gasteiger partial charge in [-0.2, -0.15) is 0 Å². The number of hydrogen-bond donors (Lipinski definition) is 9. The van der Waals surface area contributed by atoms with Crippen molar-refractivity contribution in [1.82, 2.24) is 0 Å². The van der Waals surface area contributed by atoms with E-state index < -0.39 is 90.7 Å². The first-order valence-electron chi connectivity index (χ1n) is 12.9. The zero-order chi connectivity index (χ0) is 30.5. The number of ether oxygens (including phenoxy) is 4. The van der Waals surface area contributed by atoms with Gasteiger partial charge in [0.15, 0.2) is 12.1 Å². The van der Waals surface area contributed by atoms with Gasteiger partial charge in [-0.3, -0.25) is 4.79 Å². The summed E-state index contributed by atoms with van der Waals surface area (Å²) < 4.78 is 28.0. The molecule has 9 N–H and O–H groups in total. The highest BCUT2D eigenvalue weighted by Gasteiger charge is 2.47. The lowest BCUT2D eigenvalue weighted by Gasteiger charge is -2.42. The SMILES string of the molecule is CC1O[C@@H](OCC2O[C@@H](Oc3c(-c4ccc(O)cc4)oc4cc(O)cc(O)c4c3=O)C(O)[C@@H](O)[C@@H]2O)[C@@H](O)C(O)[C@H]1O. The molecule has 2 aliphatic heterocycles. The quantitative estimate of drug-likeness (QED) is 0.159. The average Bonchev–Trinajstić information content (AvgIpc) is 2.95. The first-order chi connectivity index (χ1) is 19.9. The molecule has 15 nitrogen and oxygen atoms in total. The van der Waals surface area contributed by atoms with Gasteiger partial charge in [0.05, 0.1) is 12.7 Å². The third kappa shape index (κ3) is 5.49. The Hall–Kier alpha value is -3.51. The standard InChI is InChI=1S/C27H30O15/c1-9-17(31)20(34)22(36)26(39-9)38-8-15-18(32)21(35)23(37)27(41-15)42-25-19(33)16-13(30)6-12(29)7-14(16)40-24(25)10-2-4-11(28)5-3-10/h2-7,9,15,17-18,20-23,26-32,34-37H,8H2,1H3/t9?,15?,17-,18+,20?,21-,22-,23?,26+,27-/m0/s1.